The van der Waals surface area contributed by atoms with Crippen molar-refractivity contribution < 1.29 is 14.0 Å². The number of aryl methyl sites for hydroxylation is 3. The smallest absolute Gasteiger partial charge is 0.263 e. The van der Waals surface area contributed by atoms with Gasteiger partial charge in [0.2, 0.25) is 17.8 Å². The summed E-state index contributed by atoms with van der Waals surface area (Å²) < 4.78 is 16.3. The van der Waals surface area contributed by atoms with Crippen molar-refractivity contribution in [2.24, 2.45) is 5.92 Å². The second-order valence-corrected chi connectivity index (χ2v) is 9.91. The molecule has 1 fully saturated rings. The lowest BCUT2D eigenvalue weighted by Gasteiger charge is -2.16. The van der Waals surface area contributed by atoms with Crippen LogP contribution in [0.3, 0.4) is 0 Å². The number of hydrogen-bond acceptors (Lipinski definition) is 6. The van der Waals surface area contributed by atoms with Crippen molar-refractivity contribution >= 4 is 34.4 Å². The van der Waals surface area contributed by atoms with E-state index in [0.717, 1.165) is 16.8 Å². The Bertz CT molecular complexity index is 1850. The van der Waals surface area contributed by atoms with Gasteiger partial charge in [0.15, 0.2) is 5.65 Å². The van der Waals surface area contributed by atoms with E-state index in [0.29, 0.717) is 22.4 Å². The van der Waals surface area contributed by atoms with Crippen molar-refractivity contribution in [3.8, 4) is 11.6 Å². The zero-order valence-electron chi connectivity index (χ0n) is 22.0. The highest BCUT2D eigenvalue weighted by Gasteiger charge is 2.35. The number of fused-ring (bicyclic) bond motifs is 1. The summed E-state index contributed by atoms with van der Waals surface area (Å²) in [7, 11) is 0. The molecule has 0 bridgehead atoms. The molecule has 2 aromatic carbocycles. The van der Waals surface area contributed by atoms with Crippen LogP contribution in [0.1, 0.15) is 23.2 Å². The molecule has 5 aromatic rings. The molecule has 0 saturated carbocycles. The van der Waals surface area contributed by atoms with Crippen LogP contribution in [0.25, 0.3) is 22.7 Å². The molecule has 3 aromatic heterocycles. The Labute approximate surface area is 227 Å². The number of benzene rings is 2. The van der Waals surface area contributed by atoms with Gasteiger partial charge in [0.05, 0.1) is 23.5 Å². The average molecular weight is 541 g/mol. The molecular weight excluding hydrogens is 515 g/mol. The molecule has 2 N–H and O–H groups in total. The SMILES string of the molecule is Cc1cc(NC(=O)C2CC(=O)N(c3ccc(F)cc3)C2)n(-c2nc3c(cnn3-c3ccc(C)c(C)c3)c(=O)[nH]2)n1. The van der Waals surface area contributed by atoms with Crippen molar-refractivity contribution in [1.82, 2.24) is 29.5 Å². The fraction of sp³-hybridized carbons (Fsp3) is 0.214. The molecular formula is C28H25FN8O3. The molecule has 1 unspecified atom stereocenters. The molecule has 0 aliphatic carbocycles. The molecule has 12 heteroatoms. The van der Waals surface area contributed by atoms with E-state index in [1.165, 1.54) is 40.0 Å². The number of carbonyl (C=O) groups excluding carboxylic acids is 2. The molecule has 6 rings (SSSR count). The average Bonchev–Trinajstić information content (AvgIpc) is 3.63. The van der Waals surface area contributed by atoms with E-state index in [-0.39, 0.29) is 36.5 Å². The summed E-state index contributed by atoms with van der Waals surface area (Å²) in [4.78, 5) is 47.7. The number of aromatic nitrogens is 6. The van der Waals surface area contributed by atoms with E-state index in [1.54, 1.807) is 17.7 Å². The predicted octanol–water partition coefficient (Wildman–Crippen LogP) is 3.35. The first-order chi connectivity index (χ1) is 19.2. The van der Waals surface area contributed by atoms with E-state index in [2.05, 4.69) is 25.5 Å². The minimum absolute atomic E-state index is 0.00647. The molecule has 4 heterocycles. The first kappa shape index (κ1) is 25.2. The van der Waals surface area contributed by atoms with Crippen LogP contribution >= 0.6 is 0 Å². The molecule has 0 radical (unpaired) electrons. The lowest BCUT2D eigenvalue weighted by atomic mass is 10.1. The minimum Gasteiger partial charge on any atom is -0.312 e. The molecule has 2 amide bonds. The third-order valence-corrected chi connectivity index (χ3v) is 7.08. The van der Waals surface area contributed by atoms with Gasteiger partial charge in [-0.15, -0.1) is 0 Å². The third-order valence-electron chi connectivity index (χ3n) is 7.08. The minimum atomic E-state index is -0.637. The largest absolute Gasteiger partial charge is 0.312 e. The van der Waals surface area contributed by atoms with Gasteiger partial charge in [-0.3, -0.25) is 19.4 Å². The summed E-state index contributed by atoms with van der Waals surface area (Å²) in [6.45, 7) is 5.91. The zero-order chi connectivity index (χ0) is 28.1. The number of anilines is 2. The first-order valence-electron chi connectivity index (χ1n) is 12.7. The zero-order valence-corrected chi connectivity index (χ0v) is 22.0. The molecule has 1 aliphatic rings. The molecule has 202 valence electrons. The van der Waals surface area contributed by atoms with Gasteiger partial charge in [0, 0.05) is 24.7 Å². The number of aromatic amines is 1. The van der Waals surface area contributed by atoms with E-state index in [4.69, 9.17) is 0 Å². The van der Waals surface area contributed by atoms with Crippen LogP contribution in [-0.4, -0.2) is 47.9 Å². The van der Waals surface area contributed by atoms with E-state index < -0.39 is 17.3 Å². The Hall–Kier alpha value is -5.13. The van der Waals surface area contributed by atoms with Crippen LogP contribution in [0, 0.1) is 32.5 Å². The Morgan fingerprint density at radius 3 is 2.50 bits per heavy atom. The van der Waals surface area contributed by atoms with Gasteiger partial charge in [0.25, 0.3) is 5.56 Å². The highest BCUT2D eigenvalue weighted by Crippen LogP contribution is 2.27. The highest BCUT2D eigenvalue weighted by atomic mass is 19.1. The van der Waals surface area contributed by atoms with E-state index >= 15 is 0 Å². The number of hydrogen-bond donors (Lipinski definition) is 2. The Kier molecular flexibility index (Phi) is 6.01. The molecule has 0 spiro atoms. The number of H-pyrrole nitrogens is 1. The molecule has 1 saturated heterocycles. The molecule has 11 nitrogen and oxygen atoms in total. The standard InChI is InChI=1S/C28H25FN8O3/c1-15-4-7-21(10-16(15)2)36-25-22(13-30-36)27(40)33-28(32-25)37-23(11-17(3)34-37)31-26(39)18-12-24(38)35(14-18)20-8-5-19(29)6-9-20/h4-11,13,18H,12,14H2,1-3H3,(H,31,39)(H,32,33,40). The van der Waals surface area contributed by atoms with Crippen LogP contribution in [0.5, 0.6) is 0 Å². The number of rotatable bonds is 5. The predicted molar refractivity (Wildman–Crippen MR) is 146 cm³/mol. The van der Waals surface area contributed by atoms with Crippen molar-refractivity contribution in [3.63, 3.8) is 0 Å². The quantitative estimate of drug-likeness (QED) is 0.352. The van der Waals surface area contributed by atoms with E-state index in [9.17, 15) is 18.8 Å². The van der Waals surface area contributed by atoms with Crippen LogP contribution in [0.2, 0.25) is 0 Å². The monoisotopic (exact) mass is 540 g/mol. The topological polar surface area (TPSA) is 131 Å². The lowest BCUT2D eigenvalue weighted by molar-refractivity contribution is -0.122. The van der Waals surface area contributed by atoms with E-state index in [1.807, 2.05) is 32.0 Å². The van der Waals surface area contributed by atoms with Gasteiger partial charge in [-0.2, -0.15) is 19.9 Å². The molecule has 1 aliphatic heterocycles. The van der Waals surface area contributed by atoms with Crippen molar-refractivity contribution in [1.29, 1.82) is 0 Å². The van der Waals surface area contributed by atoms with Gasteiger partial charge in [-0.1, -0.05) is 6.07 Å². The maximum atomic E-state index is 13.3. The maximum Gasteiger partial charge on any atom is 0.263 e. The second-order valence-electron chi connectivity index (χ2n) is 9.91. The van der Waals surface area contributed by atoms with Crippen LogP contribution in [0.4, 0.5) is 15.9 Å². The van der Waals surface area contributed by atoms with Gasteiger partial charge < -0.3 is 10.2 Å². The Morgan fingerprint density at radius 1 is 1.00 bits per heavy atom. The summed E-state index contributed by atoms with van der Waals surface area (Å²) in [5.41, 5.74) is 3.99. The normalized spacial score (nSPS) is 15.2. The number of amides is 2. The van der Waals surface area contributed by atoms with Crippen molar-refractivity contribution in [2.75, 3.05) is 16.8 Å². The summed E-state index contributed by atoms with van der Waals surface area (Å²) in [6.07, 6.45) is 1.47. The molecule has 1 atom stereocenters. The summed E-state index contributed by atoms with van der Waals surface area (Å²) in [6, 6.07) is 13.0. The van der Waals surface area contributed by atoms with Gasteiger partial charge in [-0.05, 0) is 68.3 Å². The number of carbonyl (C=O) groups is 2. The van der Waals surface area contributed by atoms with Crippen LogP contribution in [-0.2, 0) is 9.59 Å². The summed E-state index contributed by atoms with van der Waals surface area (Å²) in [5, 5.41) is 12.0. The van der Waals surface area contributed by atoms with Gasteiger partial charge in [0.1, 0.15) is 17.0 Å². The Morgan fingerprint density at radius 2 is 1.75 bits per heavy atom. The van der Waals surface area contributed by atoms with Gasteiger partial charge >= 0.3 is 0 Å². The number of nitrogens with zero attached hydrogens (tertiary/aromatic N) is 6. The van der Waals surface area contributed by atoms with Gasteiger partial charge in [-0.25, -0.2) is 9.07 Å². The lowest BCUT2D eigenvalue weighted by Crippen LogP contribution is -2.28. The van der Waals surface area contributed by atoms with Crippen LogP contribution < -0.4 is 15.8 Å². The summed E-state index contributed by atoms with van der Waals surface area (Å²) >= 11 is 0. The maximum absolute atomic E-state index is 13.3. The fourth-order valence-electron chi connectivity index (χ4n) is 4.79. The highest BCUT2D eigenvalue weighted by molar-refractivity contribution is 6.03. The van der Waals surface area contributed by atoms with Crippen LogP contribution in [0.15, 0.2) is 59.5 Å². The Balaban J connectivity index is 1.30. The number of nitrogens with one attached hydrogen (secondary N) is 2. The molecule has 40 heavy (non-hydrogen) atoms. The fourth-order valence-corrected chi connectivity index (χ4v) is 4.79. The second kappa shape index (κ2) is 9.56. The summed E-state index contributed by atoms with van der Waals surface area (Å²) in [5.74, 6) is -1.27. The van der Waals surface area contributed by atoms with Crippen molar-refractivity contribution in [3.05, 3.63) is 87.7 Å². The third kappa shape index (κ3) is 4.42. The first-order valence-corrected chi connectivity index (χ1v) is 12.7. The van der Waals surface area contributed by atoms with Crippen molar-refractivity contribution in [2.45, 2.75) is 27.2 Å². The number of halogens is 1.